The summed E-state index contributed by atoms with van der Waals surface area (Å²) >= 11 is 4.27. The van der Waals surface area contributed by atoms with Crippen molar-refractivity contribution in [2.45, 2.75) is 0 Å². The lowest BCUT2D eigenvalue weighted by Crippen LogP contribution is -1.94. The Bertz CT molecular complexity index is 3590. The predicted octanol–water partition coefficient (Wildman–Crippen LogP) is 16.7. The van der Waals surface area contributed by atoms with Gasteiger partial charge in [0.1, 0.15) is 11.2 Å². The van der Waals surface area contributed by atoms with Crippen LogP contribution in [0.25, 0.3) is 121 Å². The van der Waals surface area contributed by atoms with Crippen molar-refractivity contribution >= 4 is 81.0 Å². The van der Waals surface area contributed by atoms with Gasteiger partial charge in [0, 0.05) is 27.0 Å². The molecule has 2 nitrogen and oxygen atoms in total. The summed E-state index contributed by atoms with van der Waals surface area (Å²) in [6, 6.07) is 72.3. The molecule has 0 radical (unpaired) electrons. The van der Waals surface area contributed by atoms with Crippen molar-refractivity contribution in [1.29, 1.82) is 0 Å². The molecular weight excluding hydrogens is 795 g/mol. The van der Waals surface area contributed by atoms with E-state index >= 15 is 0 Å². The topological polar surface area (TPSA) is 26.0 Å². The van der Waals surface area contributed by atoms with Crippen LogP contribution in [0.2, 0.25) is 0 Å². The average Bonchev–Trinajstić information content (AvgIpc) is 3.67. The van der Waals surface area contributed by atoms with E-state index in [1.54, 1.807) is 0 Å². The van der Waals surface area contributed by atoms with Crippen LogP contribution in [-0.4, -0.2) is 4.98 Å². The molecule has 0 bridgehead atoms. The van der Waals surface area contributed by atoms with Crippen LogP contribution in [0.5, 0.6) is 0 Å². The highest BCUT2D eigenvalue weighted by molar-refractivity contribution is 9.10. The summed E-state index contributed by atoms with van der Waals surface area (Å²) in [6.07, 6.45) is 1.85. The molecule has 0 spiro atoms. The molecule has 12 aromatic rings. The number of benzene rings is 10. The lowest BCUT2D eigenvalue weighted by Gasteiger charge is -2.21. The third-order valence-corrected chi connectivity index (χ3v) is 13.0. The van der Waals surface area contributed by atoms with Gasteiger partial charge in [0.05, 0.1) is 5.69 Å². The van der Waals surface area contributed by atoms with Crippen molar-refractivity contribution in [3.8, 4) is 55.8 Å². The maximum Gasteiger partial charge on any atom is 0.136 e. The number of pyridine rings is 1. The number of hydrogen-bond acceptors (Lipinski definition) is 2. The first-order valence-electron chi connectivity index (χ1n) is 20.3. The second kappa shape index (κ2) is 13.9. The summed E-state index contributed by atoms with van der Waals surface area (Å²) in [5, 5.41) is 11.8. The fourth-order valence-corrected chi connectivity index (χ4v) is 9.96. The van der Waals surface area contributed by atoms with E-state index < -0.39 is 0 Å². The standard InChI is InChI=1S/C57H34BrNO/c58-57-50-31-40(35-12-2-1-3-13-35)25-27-42(50)47(41-26-28-53-48(32-41)49-30-38-14-4-5-15-39(38)33-54(49)60-53)34-51(57)56-45-18-8-6-16-43(45)55(44-17-7-9-19-46(44)56)37-23-21-36(22-24-37)52-20-10-11-29-59-52/h1-34H. The number of hydrogen-bond donors (Lipinski definition) is 0. The Hall–Kier alpha value is -7.33. The first kappa shape index (κ1) is 34.7. The van der Waals surface area contributed by atoms with Crippen molar-refractivity contribution in [3.63, 3.8) is 0 Å². The smallest absolute Gasteiger partial charge is 0.136 e. The minimum absolute atomic E-state index is 0.887. The number of fused-ring (bicyclic) bond motifs is 7. The van der Waals surface area contributed by atoms with Crippen molar-refractivity contribution in [2.75, 3.05) is 0 Å². The van der Waals surface area contributed by atoms with Gasteiger partial charge in [0.25, 0.3) is 0 Å². The molecule has 0 aliphatic carbocycles. The van der Waals surface area contributed by atoms with Crippen molar-refractivity contribution in [1.82, 2.24) is 4.98 Å². The summed E-state index contributed by atoms with van der Waals surface area (Å²) in [7, 11) is 0. The highest BCUT2D eigenvalue weighted by atomic mass is 79.9. The fourth-order valence-electron chi connectivity index (χ4n) is 9.32. The average molecular weight is 829 g/mol. The largest absolute Gasteiger partial charge is 0.456 e. The Morgan fingerprint density at radius 1 is 0.333 bits per heavy atom. The van der Waals surface area contributed by atoms with Gasteiger partial charge in [-0.15, -0.1) is 0 Å². The molecule has 0 N–H and O–H groups in total. The molecule has 0 saturated heterocycles. The summed E-state index contributed by atoms with van der Waals surface area (Å²) in [5.74, 6) is 0. The fraction of sp³-hybridized carbons (Fsp3) is 0. The summed E-state index contributed by atoms with van der Waals surface area (Å²) in [4.78, 5) is 4.60. The highest BCUT2D eigenvalue weighted by Gasteiger charge is 2.22. The van der Waals surface area contributed by atoms with E-state index in [0.29, 0.717) is 0 Å². The normalized spacial score (nSPS) is 11.8. The molecule has 0 fully saturated rings. The predicted molar refractivity (Wildman–Crippen MR) is 256 cm³/mol. The quantitative estimate of drug-likeness (QED) is 0.162. The van der Waals surface area contributed by atoms with Gasteiger partial charge in [-0.05, 0) is 152 Å². The van der Waals surface area contributed by atoms with Gasteiger partial charge in [0.2, 0.25) is 0 Å². The van der Waals surface area contributed by atoms with Gasteiger partial charge in [-0.25, -0.2) is 0 Å². The molecule has 2 heterocycles. The molecule has 12 rings (SSSR count). The number of halogens is 1. The lowest BCUT2D eigenvalue weighted by atomic mass is 9.84. The van der Waals surface area contributed by atoms with Crippen molar-refractivity contribution in [3.05, 3.63) is 211 Å². The SMILES string of the molecule is Brc1c(-c2c3ccccc3c(-c3ccc(-c4ccccn4)cc3)c3ccccc23)cc(-c2ccc3oc4cc5ccccc5cc4c3c2)c2ccc(-c3ccccc3)cc12. The van der Waals surface area contributed by atoms with E-state index in [0.717, 1.165) is 54.2 Å². The molecule has 280 valence electrons. The first-order chi connectivity index (χ1) is 29.7. The van der Waals surface area contributed by atoms with E-state index in [9.17, 15) is 0 Å². The molecule has 60 heavy (non-hydrogen) atoms. The molecule has 10 aromatic carbocycles. The van der Waals surface area contributed by atoms with E-state index in [2.05, 4.69) is 209 Å². The first-order valence-corrected chi connectivity index (χ1v) is 21.1. The molecule has 2 aromatic heterocycles. The van der Waals surface area contributed by atoms with Crippen LogP contribution >= 0.6 is 15.9 Å². The number of nitrogens with zero attached hydrogens (tertiary/aromatic N) is 1. The Morgan fingerprint density at radius 3 is 1.63 bits per heavy atom. The molecular formula is C57H34BrNO. The molecule has 0 atom stereocenters. The van der Waals surface area contributed by atoms with E-state index in [1.807, 2.05) is 18.3 Å². The zero-order valence-electron chi connectivity index (χ0n) is 32.4. The Morgan fingerprint density at radius 2 is 0.917 bits per heavy atom. The molecule has 0 unspecified atom stereocenters. The van der Waals surface area contributed by atoms with Gasteiger partial charge in [-0.2, -0.15) is 0 Å². The van der Waals surface area contributed by atoms with Gasteiger partial charge in [0.15, 0.2) is 0 Å². The highest BCUT2D eigenvalue weighted by Crippen LogP contribution is 2.49. The summed E-state index contributed by atoms with van der Waals surface area (Å²) in [6.45, 7) is 0. The summed E-state index contributed by atoms with van der Waals surface area (Å²) < 4.78 is 7.55. The van der Waals surface area contributed by atoms with Crippen molar-refractivity contribution in [2.24, 2.45) is 0 Å². The zero-order valence-corrected chi connectivity index (χ0v) is 33.9. The van der Waals surface area contributed by atoms with Gasteiger partial charge < -0.3 is 4.42 Å². The molecule has 0 amide bonds. The van der Waals surface area contributed by atoms with Gasteiger partial charge in [-0.3, -0.25) is 4.98 Å². The zero-order chi connectivity index (χ0) is 39.7. The third-order valence-electron chi connectivity index (χ3n) is 12.2. The Labute approximate surface area is 355 Å². The Balaban J connectivity index is 1.13. The maximum absolute atomic E-state index is 6.48. The van der Waals surface area contributed by atoms with E-state index in [-0.39, 0.29) is 0 Å². The van der Waals surface area contributed by atoms with Crippen LogP contribution in [0.1, 0.15) is 0 Å². The molecule has 0 aliphatic heterocycles. The van der Waals surface area contributed by atoms with Gasteiger partial charge >= 0.3 is 0 Å². The number of furan rings is 1. The maximum atomic E-state index is 6.48. The monoisotopic (exact) mass is 827 g/mol. The number of aromatic nitrogens is 1. The molecule has 3 heteroatoms. The minimum atomic E-state index is 0.887. The van der Waals surface area contributed by atoms with Crippen LogP contribution in [-0.2, 0) is 0 Å². The van der Waals surface area contributed by atoms with Crippen molar-refractivity contribution < 1.29 is 4.42 Å². The van der Waals surface area contributed by atoms with Crippen LogP contribution in [0, 0.1) is 0 Å². The second-order valence-electron chi connectivity index (χ2n) is 15.6. The van der Waals surface area contributed by atoms with E-state index in [4.69, 9.17) is 4.42 Å². The van der Waals surface area contributed by atoms with E-state index in [1.165, 1.54) is 71.1 Å². The second-order valence-corrected chi connectivity index (χ2v) is 16.3. The van der Waals surface area contributed by atoms with Crippen LogP contribution < -0.4 is 0 Å². The van der Waals surface area contributed by atoms with Crippen LogP contribution in [0.4, 0.5) is 0 Å². The van der Waals surface area contributed by atoms with Gasteiger partial charge in [-0.1, -0.05) is 152 Å². The minimum Gasteiger partial charge on any atom is -0.456 e. The molecule has 0 aliphatic rings. The lowest BCUT2D eigenvalue weighted by molar-refractivity contribution is 0.669. The van der Waals surface area contributed by atoms with Crippen LogP contribution in [0.15, 0.2) is 215 Å². The van der Waals surface area contributed by atoms with Crippen LogP contribution in [0.3, 0.4) is 0 Å². The Kier molecular flexibility index (Phi) is 8.04. The third kappa shape index (κ3) is 5.58. The molecule has 0 saturated carbocycles. The summed E-state index contributed by atoms with van der Waals surface area (Å²) in [5.41, 5.74) is 13.3. The number of rotatable bonds is 5.